The first-order valence-corrected chi connectivity index (χ1v) is 7.69. The van der Waals surface area contributed by atoms with Gasteiger partial charge in [0.2, 0.25) is 0 Å². The van der Waals surface area contributed by atoms with E-state index in [0.29, 0.717) is 35.5 Å². The third kappa shape index (κ3) is 3.92. The van der Waals surface area contributed by atoms with Crippen LogP contribution in [-0.2, 0) is 7.05 Å². The van der Waals surface area contributed by atoms with Crippen molar-refractivity contribution in [1.82, 2.24) is 14.4 Å². The predicted octanol–water partition coefficient (Wildman–Crippen LogP) is 1.86. The average molecular weight is 334 g/mol. The molecule has 1 aromatic rings. The number of nitrogens with zero attached hydrogens (tertiary/aromatic N) is 3. The summed E-state index contributed by atoms with van der Waals surface area (Å²) in [5.41, 5.74) is -0.216. The van der Waals surface area contributed by atoms with Crippen LogP contribution in [-0.4, -0.2) is 63.7 Å². The fourth-order valence-electron chi connectivity index (χ4n) is 2.57. The molecule has 7 heteroatoms. The number of piperazine rings is 1. The maximum absolute atomic E-state index is 12.5. The van der Waals surface area contributed by atoms with Gasteiger partial charge in [-0.15, -0.1) is 0 Å². The van der Waals surface area contributed by atoms with Gasteiger partial charge in [0, 0.05) is 39.8 Å². The fourth-order valence-corrected chi connectivity index (χ4v) is 2.94. The number of aliphatic hydroxyl groups is 1. The Morgan fingerprint density at radius 1 is 1.29 bits per heavy atom. The lowest BCUT2D eigenvalue weighted by Gasteiger charge is -2.37. The minimum Gasteiger partial charge on any atom is -0.389 e. The average Bonchev–Trinajstić information content (AvgIpc) is 2.65. The van der Waals surface area contributed by atoms with Crippen molar-refractivity contribution in [3.8, 4) is 0 Å². The molecule has 0 bridgehead atoms. The minimum atomic E-state index is -0.717. The molecule has 5 nitrogen and oxygen atoms in total. The predicted molar refractivity (Wildman–Crippen MR) is 84.1 cm³/mol. The molecule has 0 atom stereocenters. The molecule has 0 spiro atoms. The standard InChI is InChI=1S/C14H21Cl2N3O2/c1-14(2,21)9-18-4-6-19(7-5-18)13(20)11-8-10(15)12(16)17(11)3/h8,21H,4-7,9H2,1-3H3. The molecule has 1 fully saturated rings. The van der Waals surface area contributed by atoms with Crippen molar-refractivity contribution in [1.29, 1.82) is 0 Å². The Labute approximate surface area is 135 Å². The van der Waals surface area contributed by atoms with Gasteiger partial charge in [0.15, 0.2) is 0 Å². The van der Waals surface area contributed by atoms with Crippen molar-refractivity contribution < 1.29 is 9.90 Å². The van der Waals surface area contributed by atoms with Gasteiger partial charge in [0.25, 0.3) is 5.91 Å². The lowest BCUT2D eigenvalue weighted by Crippen LogP contribution is -2.52. The van der Waals surface area contributed by atoms with Crippen LogP contribution in [0.25, 0.3) is 0 Å². The van der Waals surface area contributed by atoms with Crippen molar-refractivity contribution in [3.63, 3.8) is 0 Å². The number of hydrogen-bond donors (Lipinski definition) is 1. The van der Waals surface area contributed by atoms with Gasteiger partial charge in [0.1, 0.15) is 10.8 Å². The molecule has 1 aliphatic heterocycles. The Hall–Kier alpha value is -0.750. The molecule has 2 heterocycles. The van der Waals surface area contributed by atoms with Crippen LogP contribution in [0.3, 0.4) is 0 Å². The molecular formula is C14H21Cl2N3O2. The third-order valence-electron chi connectivity index (χ3n) is 3.61. The Balaban J connectivity index is 1.99. The monoisotopic (exact) mass is 333 g/mol. The number of carbonyl (C=O) groups excluding carboxylic acids is 1. The van der Waals surface area contributed by atoms with E-state index < -0.39 is 5.60 Å². The van der Waals surface area contributed by atoms with Crippen LogP contribution in [0.2, 0.25) is 10.2 Å². The summed E-state index contributed by atoms with van der Waals surface area (Å²) in [7, 11) is 1.73. The van der Waals surface area contributed by atoms with Gasteiger partial charge >= 0.3 is 0 Å². The SMILES string of the molecule is Cn1c(C(=O)N2CCN(CC(C)(C)O)CC2)cc(Cl)c1Cl. The molecular weight excluding hydrogens is 313 g/mol. The summed E-state index contributed by atoms with van der Waals surface area (Å²) in [4.78, 5) is 16.5. The Morgan fingerprint density at radius 3 is 2.29 bits per heavy atom. The first kappa shape index (κ1) is 16.6. The maximum atomic E-state index is 12.5. The maximum Gasteiger partial charge on any atom is 0.270 e. The highest BCUT2D eigenvalue weighted by Gasteiger charge is 2.27. The topological polar surface area (TPSA) is 48.7 Å². The van der Waals surface area contributed by atoms with Crippen molar-refractivity contribution in [2.75, 3.05) is 32.7 Å². The molecule has 118 valence electrons. The van der Waals surface area contributed by atoms with Crippen LogP contribution in [0.4, 0.5) is 0 Å². The fraction of sp³-hybridized carbons (Fsp3) is 0.643. The second kappa shape index (κ2) is 6.16. The van der Waals surface area contributed by atoms with Crippen LogP contribution in [0.5, 0.6) is 0 Å². The molecule has 1 N–H and O–H groups in total. The van der Waals surface area contributed by atoms with Gasteiger partial charge in [-0.25, -0.2) is 0 Å². The Bertz CT molecular complexity index is 529. The van der Waals surface area contributed by atoms with E-state index in [9.17, 15) is 9.90 Å². The molecule has 21 heavy (non-hydrogen) atoms. The molecule has 1 aliphatic rings. The lowest BCUT2D eigenvalue weighted by molar-refractivity contribution is 0.0176. The number of β-amino-alcohol motifs (C(OH)–C–C–N with tert-alkyl or cyclic N) is 1. The highest BCUT2D eigenvalue weighted by atomic mass is 35.5. The molecule has 0 saturated carbocycles. The van der Waals surface area contributed by atoms with E-state index in [1.165, 1.54) is 0 Å². The number of aromatic nitrogens is 1. The van der Waals surface area contributed by atoms with Gasteiger partial charge in [-0.3, -0.25) is 9.69 Å². The molecule has 0 aliphatic carbocycles. The molecule has 1 saturated heterocycles. The molecule has 1 aromatic heterocycles. The van der Waals surface area contributed by atoms with E-state index in [0.717, 1.165) is 13.1 Å². The lowest BCUT2D eigenvalue weighted by atomic mass is 10.1. The number of carbonyl (C=O) groups is 1. The van der Waals surface area contributed by atoms with Gasteiger partial charge in [-0.05, 0) is 19.9 Å². The van der Waals surface area contributed by atoms with Gasteiger partial charge < -0.3 is 14.6 Å². The third-order valence-corrected chi connectivity index (χ3v) is 4.45. The van der Waals surface area contributed by atoms with Crippen molar-refractivity contribution >= 4 is 29.1 Å². The number of rotatable bonds is 3. The number of amides is 1. The van der Waals surface area contributed by atoms with Crippen LogP contribution >= 0.6 is 23.2 Å². The quantitative estimate of drug-likeness (QED) is 0.918. The zero-order chi connectivity index (χ0) is 15.8. The zero-order valence-electron chi connectivity index (χ0n) is 12.6. The molecule has 2 rings (SSSR count). The van der Waals surface area contributed by atoms with Gasteiger partial charge in [-0.1, -0.05) is 23.2 Å². The highest BCUT2D eigenvalue weighted by Crippen LogP contribution is 2.26. The van der Waals surface area contributed by atoms with Crippen LogP contribution in [0, 0.1) is 0 Å². The summed E-state index contributed by atoms with van der Waals surface area (Å²) in [6, 6.07) is 1.61. The molecule has 1 amide bonds. The second-order valence-electron chi connectivity index (χ2n) is 6.11. The highest BCUT2D eigenvalue weighted by molar-refractivity contribution is 6.41. The number of hydrogen-bond acceptors (Lipinski definition) is 3. The Morgan fingerprint density at radius 2 is 1.86 bits per heavy atom. The van der Waals surface area contributed by atoms with E-state index >= 15 is 0 Å². The minimum absolute atomic E-state index is 0.0609. The summed E-state index contributed by atoms with van der Waals surface area (Å²) in [6.45, 7) is 6.96. The summed E-state index contributed by atoms with van der Waals surface area (Å²) in [6.07, 6.45) is 0. The zero-order valence-corrected chi connectivity index (χ0v) is 14.1. The summed E-state index contributed by atoms with van der Waals surface area (Å²) < 4.78 is 1.61. The van der Waals surface area contributed by atoms with E-state index in [1.807, 2.05) is 0 Å². The summed E-state index contributed by atoms with van der Waals surface area (Å²) in [5.74, 6) is -0.0609. The van der Waals surface area contributed by atoms with E-state index in [2.05, 4.69) is 4.90 Å². The molecule has 0 unspecified atom stereocenters. The van der Waals surface area contributed by atoms with Crippen molar-refractivity contribution in [2.45, 2.75) is 19.4 Å². The summed E-state index contributed by atoms with van der Waals surface area (Å²) in [5, 5.41) is 10.6. The first-order valence-electron chi connectivity index (χ1n) is 6.94. The van der Waals surface area contributed by atoms with Crippen LogP contribution in [0.15, 0.2) is 6.07 Å². The summed E-state index contributed by atoms with van der Waals surface area (Å²) >= 11 is 12.0. The second-order valence-corrected chi connectivity index (χ2v) is 6.87. The smallest absolute Gasteiger partial charge is 0.270 e. The molecule has 0 radical (unpaired) electrons. The normalized spacial score (nSPS) is 17.3. The van der Waals surface area contributed by atoms with E-state index in [-0.39, 0.29) is 5.91 Å². The first-order chi connectivity index (χ1) is 9.69. The van der Waals surface area contributed by atoms with Crippen molar-refractivity contribution in [3.05, 3.63) is 21.9 Å². The largest absolute Gasteiger partial charge is 0.389 e. The van der Waals surface area contributed by atoms with Crippen LogP contribution in [0.1, 0.15) is 24.3 Å². The van der Waals surface area contributed by atoms with E-state index in [4.69, 9.17) is 23.2 Å². The van der Waals surface area contributed by atoms with Crippen molar-refractivity contribution in [2.24, 2.45) is 7.05 Å². The van der Waals surface area contributed by atoms with Gasteiger partial charge in [0.05, 0.1) is 10.6 Å². The molecule has 0 aromatic carbocycles. The number of halogens is 2. The van der Waals surface area contributed by atoms with Crippen LogP contribution < -0.4 is 0 Å². The Kier molecular flexibility index (Phi) is 4.88. The van der Waals surface area contributed by atoms with E-state index in [1.54, 1.807) is 36.4 Å². The van der Waals surface area contributed by atoms with Gasteiger partial charge in [-0.2, -0.15) is 0 Å².